The lowest BCUT2D eigenvalue weighted by atomic mass is 9.99. The molecule has 0 radical (unpaired) electrons. The molecule has 1 saturated heterocycles. The molecule has 1 aliphatic rings. The van der Waals surface area contributed by atoms with Crippen molar-refractivity contribution in [2.75, 3.05) is 13.1 Å². The van der Waals surface area contributed by atoms with Crippen molar-refractivity contribution in [3.8, 4) is 6.07 Å². The van der Waals surface area contributed by atoms with E-state index < -0.39 is 4.92 Å². The number of carbonyl (C=O) groups is 1. The number of nitro groups is 1. The molecular formula is C13H12ClN3O3. The van der Waals surface area contributed by atoms with Gasteiger partial charge in [0, 0.05) is 19.2 Å². The second-order valence-corrected chi connectivity index (χ2v) is 4.99. The molecule has 20 heavy (non-hydrogen) atoms. The van der Waals surface area contributed by atoms with E-state index in [4.69, 9.17) is 16.9 Å². The number of nitrogens with zero attached hydrogens (tertiary/aromatic N) is 3. The Morgan fingerprint density at radius 2 is 2.30 bits per heavy atom. The molecule has 0 N–H and O–H groups in total. The average molecular weight is 294 g/mol. The third-order valence-electron chi connectivity index (χ3n) is 3.30. The van der Waals surface area contributed by atoms with Gasteiger partial charge < -0.3 is 4.90 Å². The summed E-state index contributed by atoms with van der Waals surface area (Å²) in [5.41, 5.74) is -0.175. The number of nitro benzene ring substituents is 1. The summed E-state index contributed by atoms with van der Waals surface area (Å²) in [6, 6.07) is 6.31. The van der Waals surface area contributed by atoms with Crippen molar-refractivity contribution in [2.45, 2.75) is 12.8 Å². The van der Waals surface area contributed by atoms with Crippen LogP contribution in [0.1, 0.15) is 23.2 Å². The van der Waals surface area contributed by atoms with Crippen molar-refractivity contribution < 1.29 is 9.72 Å². The molecule has 1 unspecified atom stereocenters. The van der Waals surface area contributed by atoms with Crippen LogP contribution in [-0.4, -0.2) is 28.8 Å². The van der Waals surface area contributed by atoms with Crippen LogP contribution in [0.2, 0.25) is 5.02 Å². The Bertz CT molecular complexity index is 597. The van der Waals surface area contributed by atoms with Gasteiger partial charge in [-0.3, -0.25) is 14.9 Å². The van der Waals surface area contributed by atoms with Gasteiger partial charge in [-0.25, -0.2) is 0 Å². The number of amides is 1. The van der Waals surface area contributed by atoms with Gasteiger partial charge in [0.05, 0.1) is 22.5 Å². The van der Waals surface area contributed by atoms with E-state index in [0.29, 0.717) is 13.1 Å². The zero-order valence-corrected chi connectivity index (χ0v) is 11.3. The Balaban J connectivity index is 2.28. The van der Waals surface area contributed by atoms with Crippen molar-refractivity contribution in [3.05, 3.63) is 38.9 Å². The molecule has 1 aromatic carbocycles. The predicted octanol–water partition coefficient (Wildman–Crippen LogP) is 2.62. The fraction of sp³-hybridized carbons (Fsp3) is 0.385. The summed E-state index contributed by atoms with van der Waals surface area (Å²) < 4.78 is 0. The van der Waals surface area contributed by atoms with E-state index in [-0.39, 0.29) is 28.1 Å². The predicted molar refractivity (Wildman–Crippen MR) is 72.3 cm³/mol. The Kier molecular flexibility index (Phi) is 4.20. The van der Waals surface area contributed by atoms with E-state index in [1.54, 1.807) is 0 Å². The minimum absolute atomic E-state index is 0.111. The van der Waals surface area contributed by atoms with Crippen LogP contribution >= 0.6 is 11.6 Å². The first-order valence-electron chi connectivity index (χ1n) is 6.16. The standard InChI is InChI=1S/C13H12ClN3O3/c14-12-10(4-1-5-11(12)17(19)20)13(18)16-6-2-3-9(7-15)8-16/h1,4-5,9H,2-3,6,8H2. The normalized spacial score (nSPS) is 18.4. The highest BCUT2D eigenvalue weighted by Gasteiger charge is 2.27. The third-order valence-corrected chi connectivity index (χ3v) is 3.69. The Hall–Kier alpha value is -2.13. The fourth-order valence-corrected chi connectivity index (χ4v) is 2.54. The Labute approximate surface area is 120 Å². The summed E-state index contributed by atoms with van der Waals surface area (Å²) >= 11 is 5.93. The second kappa shape index (κ2) is 5.88. The van der Waals surface area contributed by atoms with E-state index in [2.05, 4.69) is 6.07 Å². The van der Waals surface area contributed by atoms with E-state index >= 15 is 0 Å². The van der Waals surface area contributed by atoms with E-state index in [0.717, 1.165) is 12.8 Å². The second-order valence-electron chi connectivity index (χ2n) is 4.62. The molecule has 104 valence electrons. The largest absolute Gasteiger partial charge is 0.337 e. The topological polar surface area (TPSA) is 87.2 Å². The molecule has 0 aromatic heterocycles. The highest BCUT2D eigenvalue weighted by atomic mass is 35.5. The number of hydrogen-bond donors (Lipinski definition) is 0. The van der Waals surface area contributed by atoms with Crippen molar-refractivity contribution in [2.24, 2.45) is 5.92 Å². The lowest BCUT2D eigenvalue weighted by molar-refractivity contribution is -0.384. The molecular weight excluding hydrogens is 282 g/mol. The van der Waals surface area contributed by atoms with Gasteiger partial charge in [-0.05, 0) is 18.9 Å². The van der Waals surface area contributed by atoms with Gasteiger partial charge >= 0.3 is 0 Å². The van der Waals surface area contributed by atoms with E-state index in [1.807, 2.05) is 0 Å². The number of carbonyl (C=O) groups excluding carboxylic acids is 1. The fourth-order valence-electron chi connectivity index (χ4n) is 2.26. The zero-order chi connectivity index (χ0) is 14.7. The molecule has 2 rings (SSSR count). The third kappa shape index (κ3) is 2.73. The lowest BCUT2D eigenvalue weighted by Crippen LogP contribution is -2.39. The maximum Gasteiger partial charge on any atom is 0.288 e. The van der Waals surface area contributed by atoms with Crippen LogP contribution in [0, 0.1) is 27.4 Å². The van der Waals surface area contributed by atoms with Crippen LogP contribution in [0.15, 0.2) is 18.2 Å². The van der Waals surface area contributed by atoms with Crippen molar-refractivity contribution in [3.63, 3.8) is 0 Å². The summed E-state index contributed by atoms with van der Waals surface area (Å²) in [5.74, 6) is -0.552. The van der Waals surface area contributed by atoms with Gasteiger partial charge in [0.25, 0.3) is 11.6 Å². The molecule has 0 bridgehead atoms. The SMILES string of the molecule is N#CC1CCCN(C(=O)c2cccc([N+](=O)[O-])c2Cl)C1. The Morgan fingerprint density at radius 3 is 2.95 bits per heavy atom. The van der Waals surface area contributed by atoms with Crippen LogP contribution in [0.3, 0.4) is 0 Å². The summed E-state index contributed by atoms with van der Waals surface area (Å²) in [6.45, 7) is 0.879. The minimum Gasteiger partial charge on any atom is -0.337 e. The first kappa shape index (κ1) is 14.3. The van der Waals surface area contributed by atoms with Gasteiger partial charge in [-0.2, -0.15) is 5.26 Å². The molecule has 0 aliphatic carbocycles. The molecule has 0 spiro atoms. The van der Waals surface area contributed by atoms with Gasteiger partial charge in [0.2, 0.25) is 0 Å². The first-order chi connectivity index (χ1) is 9.54. The maximum atomic E-state index is 12.4. The van der Waals surface area contributed by atoms with Crippen molar-refractivity contribution >= 4 is 23.2 Å². The van der Waals surface area contributed by atoms with Gasteiger partial charge in [0.15, 0.2) is 0 Å². The molecule has 1 fully saturated rings. The average Bonchev–Trinajstić information content (AvgIpc) is 2.46. The molecule has 1 amide bonds. The number of nitriles is 1. The Morgan fingerprint density at radius 1 is 1.55 bits per heavy atom. The lowest BCUT2D eigenvalue weighted by Gasteiger charge is -2.29. The van der Waals surface area contributed by atoms with E-state index in [1.165, 1.54) is 23.1 Å². The quantitative estimate of drug-likeness (QED) is 0.619. The van der Waals surface area contributed by atoms with Gasteiger partial charge in [-0.15, -0.1) is 0 Å². The van der Waals surface area contributed by atoms with Crippen molar-refractivity contribution in [1.29, 1.82) is 5.26 Å². The molecule has 6 nitrogen and oxygen atoms in total. The van der Waals surface area contributed by atoms with Crippen LogP contribution in [0.5, 0.6) is 0 Å². The smallest absolute Gasteiger partial charge is 0.288 e. The van der Waals surface area contributed by atoms with Crippen LogP contribution in [-0.2, 0) is 0 Å². The minimum atomic E-state index is -0.618. The summed E-state index contributed by atoms with van der Waals surface area (Å²) in [6.07, 6.45) is 1.51. The van der Waals surface area contributed by atoms with E-state index in [9.17, 15) is 14.9 Å². The first-order valence-corrected chi connectivity index (χ1v) is 6.54. The molecule has 0 saturated carbocycles. The number of piperidine rings is 1. The highest BCUT2D eigenvalue weighted by Crippen LogP contribution is 2.29. The maximum absolute atomic E-state index is 12.4. The van der Waals surface area contributed by atoms with Crippen LogP contribution < -0.4 is 0 Å². The highest BCUT2D eigenvalue weighted by molar-refractivity contribution is 6.35. The molecule has 7 heteroatoms. The number of benzene rings is 1. The zero-order valence-electron chi connectivity index (χ0n) is 10.6. The summed E-state index contributed by atoms with van der Waals surface area (Å²) in [4.78, 5) is 24.1. The number of halogens is 1. The number of likely N-dealkylation sites (tertiary alicyclic amines) is 1. The molecule has 1 aromatic rings. The summed E-state index contributed by atoms with van der Waals surface area (Å²) in [7, 11) is 0. The van der Waals surface area contributed by atoms with Crippen molar-refractivity contribution in [1.82, 2.24) is 4.90 Å². The van der Waals surface area contributed by atoms with Gasteiger partial charge in [0.1, 0.15) is 5.02 Å². The molecule has 1 aliphatic heterocycles. The monoisotopic (exact) mass is 293 g/mol. The van der Waals surface area contributed by atoms with Crippen LogP contribution in [0.25, 0.3) is 0 Å². The van der Waals surface area contributed by atoms with Gasteiger partial charge in [-0.1, -0.05) is 17.7 Å². The molecule has 1 atom stereocenters. The number of hydrogen-bond acceptors (Lipinski definition) is 4. The number of rotatable bonds is 2. The molecule has 1 heterocycles. The summed E-state index contributed by atoms with van der Waals surface area (Å²) in [5, 5.41) is 19.6. The van der Waals surface area contributed by atoms with Crippen LogP contribution in [0.4, 0.5) is 5.69 Å².